The molecule has 2 aliphatic rings. The predicted octanol–water partition coefficient (Wildman–Crippen LogP) is 2.13. The van der Waals surface area contributed by atoms with Crippen molar-refractivity contribution in [1.82, 2.24) is 4.90 Å². The van der Waals surface area contributed by atoms with Crippen LogP contribution < -0.4 is 0 Å². The standard InChI is InChI=1S/C10H19N/c1-11-7-9-4-2-3-5-10(6-9)8-11/h9-10H,2-8H2,1H3. The van der Waals surface area contributed by atoms with Gasteiger partial charge in [0.25, 0.3) is 0 Å². The van der Waals surface area contributed by atoms with Gasteiger partial charge in [0, 0.05) is 13.1 Å². The fourth-order valence-corrected chi connectivity index (χ4v) is 2.86. The van der Waals surface area contributed by atoms with E-state index < -0.39 is 0 Å². The maximum Gasteiger partial charge on any atom is 0.000683 e. The minimum Gasteiger partial charge on any atom is -0.306 e. The molecule has 0 radical (unpaired) electrons. The Morgan fingerprint density at radius 3 is 2.09 bits per heavy atom. The summed E-state index contributed by atoms with van der Waals surface area (Å²) in [6.45, 7) is 2.74. The molecule has 0 spiro atoms. The molecule has 0 aromatic carbocycles. The first kappa shape index (κ1) is 7.60. The average Bonchev–Trinajstić information content (AvgIpc) is 2.11. The molecule has 2 unspecified atom stereocenters. The average molecular weight is 153 g/mol. The molecule has 2 rings (SSSR count). The third-order valence-electron chi connectivity index (χ3n) is 3.28. The second kappa shape index (κ2) is 3.14. The van der Waals surface area contributed by atoms with Gasteiger partial charge >= 0.3 is 0 Å². The highest BCUT2D eigenvalue weighted by atomic mass is 15.1. The lowest BCUT2D eigenvalue weighted by atomic mass is 9.89. The summed E-state index contributed by atoms with van der Waals surface area (Å²) >= 11 is 0. The van der Waals surface area contributed by atoms with E-state index in [0.717, 1.165) is 11.8 Å². The van der Waals surface area contributed by atoms with Crippen LogP contribution in [-0.4, -0.2) is 25.0 Å². The van der Waals surface area contributed by atoms with E-state index in [1.807, 2.05) is 0 Å². The van der Waals surface area contributed by atoms with Crippen molar-refractivity contribution in [2.75, 3.05) is 20.1 Å². The maximum absolute atomic E-state index is 2.53. The largest absolute Gasteiger partial charge is 0.306 e. The van der Waals surface area contributed by atoms with Crippen molar-refractivity contribution >= 4 is 0 Å². The van der Waals surface area contributed by atoms with Crippen LogP contribution in [0.25, 0.3) is 0 Å². The van der Waals surface area contributed by atoms with Crippen LogP contribution >= 0.6 is 0 Å². The lowest BCUT2D eigenvalue weighted by Gasteiger charge is -2.33. The molecule has 11 heavy (non-hydrogen) atoms. The third kappa shape index (κ3) is 1.76. The minimum atomic E-state index is 1.04. The van der Waals surface area contributed by atoms with Gasteiger partial charge in [0.05, 0.1) is 0 Å². The number of likely N-dealkylation sites (tertiary alicyclic amines) is 1. The van der Waals surface area contributed by atoms with Crippen LogP contribution in [0.3, 0.4) is 0 Å². The highest BCUT2D eigenvalue weighted by Gasteiger charge is 2.26. The minimum absolute atomic E-state index is 1.04. The van der Waals surface area contributed by atoms with Gasteiger partial charge in [-0.3, -0.25) is 0 Å². The maximum atomic E-state index is 2.53. The SMILES string of the molecule is CN1CC2CCCCC(C2)C1. The number of nitrogens with zero attached hydrogens (tertiary/aromatic N) is 1. The van der Waals surface area contributed by atoms with E-state index in [1.165, 1.54) is 45.2 Å². The summed E-state index contributed by atoms with van der Waals surface area (Å²) in [5, 5.41) is 0. The van der Waals surface area contributed by atoms with Crippen LogP contribution in [0.1, 0.15) is 32.1 Å². The van der Waals surface area contributed by atoms with Crippen molar-refractivity contribution in [3.63, 3.8) is 0 Å². The molecule has 1 saturated heterocycles. The lowest BCUT2D eigenvalue weighted by Crippen LogP contribution is -2.36. The Hall–Kier alpha value is -0.0400. The molecule has 0 N–H and O–H groups in total. The van der Waals surface area contributed by atoms with Gasteiger partial charge in [-0.25, -0.2) is 0 Å². The zero-order valence-corrected chi connectivity index (χ0v) is 7.55. The van der Waals surface area contributed by atoms with Crippen LogP contribution in [0.4, 0.5) is 0 Å². The summed E-state index contributed by atoms with van der Waals surface area (Å²) in [5.74, 6) is 2.09. The predicted molar refractivity (Wildman–Crippen MR) is 47.6 cm³/mol. The monoisotopic (exact) mass is 153 g/mol. The third-order valence-corrected chi connectivity index (χ3v) is 3.28. The van der Waals surface area contributed by atoms with Crippen LogP contribution in [-0.2, 0) is 0 Å². The van der Waals surface area contributed by atoms with Gasteiger partial charge in [-0.05, 0) is 38.1 Å². The van der Waals surface area contributed by atoms with Crippen LogP contribution in [0.5, 0.6) is 0 Å². The molecule has 1 aliphatic heterocycles. The van der Waals surface area contributed by atoms with Crippen LogP contribution in [0.15, 0.2) is 0 Å². The summed E-state index contributed by atoms with van der Waals surface area (Å²) in [6.07, 6.45) is 7.52. The Balaban J connectivity index is 1.99. The second-order valence-electron chi connectivity index (χ2n) is 4.47. The van der Waals surface area contributed by atoms with Gasteiger partial charge in [-0.2, -0.15) is 0 Å². The zero-order chi connectivity index (χ0) is 7.68. The highest BCUT2D eigenvalue weighted by molar-refractivity contribution is 4.80. The number of rotatable bonds is 0. The van der Waals surface area contributed by atoms with E-state index in [2.05, 4.69) is 11.9 Å². The summed E-state index contributed by atoms with van der Waals surface area (Å²) in [6, 6.07) is 0. The van der Waals surface area contributed by atoms with E-state index in [-0.39, 0.29) is 0 Å². The van der Waals surface area contributed by atoms with Crippen molar-refractivity contribution < 1.29 is 0 Å². The first-order chi connectivity index (χ1) is 5.34. The zero-order valence-electron chi connectivity index (χ0n) is 7.55. The molecule has 1 aliphatic carbocycles. The quantitative estimate of drug-likeness (QED) is 0.515. The van der Waals surface area contributed by atoms with E-state index in [1.54, 1.807) is 0 Å². The van der Waals surface area contributed by atoms with Crippen molar-refractivity contribution in [3.8, 4) is 0 Å². The molecule has 0 aromatic rings. The van der Waals surface area contributed by atoms with Gasteiger partial charge in [0.1, 0.15) is 0 Å². The van der Waals surface area contributed by atoms with Crippen molar-refractivity contribution in [3.05, 3.63) is 0 Å². The Morgan fingerprint density at radius 2 is 1.55 bits per heavy atom. The normalized spacial score (nSPS) is 40.1. The van der Waals surface area contributed by atoms with Gasteiger partial charge in [0.15, 0.2) is 0 Å². The van der Waals surface area contributed by atoms with Crippen LogP contribution in [0.2, 0.25) is 0 Å². The van der Waals surface area contributed by atoms with Crippen molar-refractivity contribution in [2.45, 2.75) is 32.1 Å². The molecule has 0 amide bonds. The molecule has 2 atom stereocenters. The van der Waals surface area contributed by atoms with Gasteiger partial charge in [-0.15, -0.1) is 0 Å². The summed E-state index contributed by atoms with van der Waals surface area (Å²) in [5.41, 5.74) is 0. The summed E-state index contributed by atoms with van der Waals surface area (Å²) < 4.78 is 0. The topological polar surface area (TPSA) is 3.24 Å². The second-order valence-corrected chi connectivity index (χ2v) is 4.47. The van der Waals surface area contributed by atoms with E-state index in [4.69, 9.17) is 0 Å². The molecular weight excluding hydrogens is 134 g/mol. The smallest absolute Gasteiger partial charge is 0.000683 e. The Labute approximate surface area is 69.8 Å². The number of piperidine rings is 1. The van der Waals surface area contributed by atoms with Gasteiger partial charge < -0.3 is 4.90 Å². The fraction of sp³-hybridized carbons (Fsp3) is 1.00. The van der Waals surface area contributed by atoms with Crippen molar-refractivity contribution in [1.29, 1.82) is 0 Å². The first-order valence-corrected chi connectivity index (χ1v) is 5.03. The van der Waals surface area contributed by atoms with Gasteiger partial charge in [0.2, 0.25) is 0 Å². The molecule has 2 bridgehead atoms. The molecule has 1 heteroatoms. The highest BCUT2D eigenvalue weighted by Crippen LogP contribution is 2.32. The molecular formula is C10H19N. The van der Waals surface area contributed by atoms with E-state index >= 15 is 0 Å². The molecule has 1 nitrogen and oxygen atoms in total. The van der Waals surface area contributed by atoms with Gasteiger partial charge in [-0.1, -0.05) is 12.8 Å². The summed E-state index contributed by atoms with van der Waals surface area (Å²) in [4.78, 5) is 2.53. The Bertz CT molecular complexity index is 119. The molecule has 1 saturated carbocycles. The number of hydrogen-bond acceptors (Lipinski definition) is 1. The summed E-state index contributed by atoms with van der Waals surface area (Å²) in [7, 11) is 2.28. The Kier molecular flexibility index (Phi) is 2.17. The van der Waals surface area contributed by atoms with Crippen molar-refractivity contribution in [2.24, 2.45) is 11.8 Å². The van der Waals surface area contributed by atoms with Crippen LogP contribution in [0, 0.1) is 11.8 Å². The Morgan fingerprint density at radius 1 is 1.00 bits per heavy atom. The van der Waals surface area contributed by atoms with E-state index in [0.29, 0.717) is 0 Å². The molecule has 0 aromatic heterocycles. The van der Waals surface area contributed by atoms with E-state index in [9.17, 15) is 0 Å². The first-order valence-electron chi connectivity index (χ1n) is 5.03. The number of fused-ring (bicyclic) bond motifs is 2. The number of hydrogen-bond donors (Lipinski definition) is 0. The molecule has 64 valence electrons. The molecule has 1 heterocycles. The lowest BCUT2D eigenvalue weighted by molar-refractivity contribution is 0.154. The molecule has 2 fully saturated rings. The fourth-order valence-electron chi connectivity index (χ4n) is 2.86.